The summed E-state index contributed by atoms with van der Waals surface area (Å²) in [6.07, 6.45) is 0. The molecule has 3 aromatic rings. The van der Waals surface area contributed by atoms with Gasteiger partial charge in [0.05, 0.1) is 36.6 Å². The molecule has 0 atom stereocenters. The molecule has 0 aliphatic carbocycles. The van der Waals surface area contributed by atoms with E-state index in [4.69, 9.17) is 20.2 Å². The highest BCUT2D eigenvalue weighted by molar-refractivity contribution is 7.92. The van der Waals surface area contributed by atoms with Crippen molar-refractivity contribution in [1.82, 2.24) is 9.97 Å². The van der Waals surface area contributed by atoms with E-state index in [-0.39, 0.29) is 22.3 Å². The van der Waals surface area contributed by atoms with Gasteiger partial charge in [0.25, 0.3) is 0 Å². The topological polar surface area (TPSA) is 125 Å². The van der Waals surface area contributed by atoms with Crippen molar-refractivity contribution < 1.29 is 27.1 Å². The van der Waals surface area contributed by atoms with Gasteiger partial charge in [0.2, 0.25) is 9.84 Å². The highest BCUT2D eigenvalue weighted by Crippen LogP contribution is 2.33. The van der Waals surface area contributed by atoms with Crippen molar-refractivity contribution in [2.24, 2.45) is 5.92 Å². The number of nitrogens with two attached hydrogens (primary N) is 1. The molecular formula is C28H33FN4O5S. The summed E-state index contributed by atoms with van der Waals surface area (Å²) < 4.78 is 51.9. The minimum Gasteiger partial charge on any atom is -0.493 e. The number of hydrogen-bond acceptors (Lipinski definition) is 9. The first-order valence-corrected chi connectivity index (χ1v) is 14.3. The first-order valence-electron chi connectivity index (χ1n) is 12.6. The summed E-state index contributed by atoms with van der Waals surface area (Å²) in [5, 5.41) is -0.276. The zero-order chi connectivity index (χ0) is 28.4. The van der Waals surface area contributed by atoms with Gasteiger partial charge in [-0.3, -0.25) is 4.79 Å². The number of nitrogens with zero attached hydrogens (tertiary/aromatic N) is 3. The predicted octanol–water partition coefficient (Wildman–Crippen LogP) is 4.17. The highest BCUT2D eigenvalue weighted by atomic mass is 32.2. The number of rotatable bonds is 9. The number of carbonyl (C=O) groups excluding carboxylic acids is 1. The molecule has 1 fully saturated rings. The fraction of sp³-hybridized carbons (Fsp3) is 0.393. The maximum Gasteiger partial charge on any atom is 0.203 e. The molecule has 39 heavy (non-hydrogen) atoms. The number of halogens is 1. The monoisotopic (exact) mass is 556 g/mol. The van der Waals surface area contributed by atoms with Crippen molar-refractivity contribution in [3.63, 3.8) is 0 Å². The lowest BCUT2D eigenvalue weighted by atomic mass is 10.00. The number of Topliss-reactive ketones (excluding diaryl/α,β-unsaturated/α-hetero) is 1. The molecule has 0 saturated carbocycles. The molecule has 1 aliphatic rings. The number of anilines is 2. The van der Waals surface area contributed by atoms with Gasteiger partial charge < -0.3 is 20.1 Å². The van der Waals surface area contributed by atoms with Gasteiger partial charge in [-0.15, -0.1) is 0 Å². The Kier molecular flexibility index (Phi) is 8.22. The normalized spacial score (nSPS) is 15.4. The average Bonchev–Trinajstić information content (AvgIpc) is 2.86. The molecule has 1 aromatic carbocycles. The van der Waals surface area contributed by atoms with E-state index in [1.54, 1.807) is 12.1 Å². The van der Waals surface area contributed by atoms with Crippen LogP contribution in [0.5, 0.6) is 5.75 Å². The lowest BCUT2D eigenvalue weighted by molar-refractivity contribution is 0.0637. The number of ketones is 1. The molecule has 3 heterocycles. The smallest absolute Gasteiger partial charge is 0.203 e. The quantitative estimate of drug-likeness (QED) is 0.387. The number of aromatic nitrogens is 2. The van der Waals surface area contributed by atoms with Crippen LogP contribution in [0.25, 0.3) is 11.3 Å². The summed E-state index contributed by atoms with van der Waals surface area (Å²) in [5.74, 6) is -0.968. The van der Waals surface area contributed by atoms with E-state index in [1.165, 1.54) is 36.4 Å². The van der Waals surface area contributed by atoms with E-state index in [2.05, 4.69) is 4.98 Å². The number of sulfone groups is 1. The molecule has 11 heteroatoms. The lowest BCUT2D eigenvalue weighted by Crippen LogP contribution is -2.54. The Morgan fingerprint density at radius 1 is 1.18 bits per heavy atom. The van der Waals surface area contributed by atoms with Crippen LogP contribution in [-0.4, -0.2) is 61.8 Å². The van der Waals surface area contributed by atoms with Gasteiger partial charge in [-0.05, 0) is 56.2 Å². The fourth-order valence-electron chi connectivity index (χ4n) is 4.27. The zero-order valence-corrected chi connectivity index (χ0v) is 23.3. The second kappa shape index (κ2) is 11.3. The van der Waals surface area contributed by atoms with Crippen LogP contribution in [0.3, 0.4) is 0 Å². The molecular weight excluding hydrogens is 523 g/mol. The molecule has 0 radical (unpaired) electrons. The van der Waals surface area contributed by atoms with Gasteiger partial charge in [-0.2, -0.15) is 0 Å². The standard InChI is InChI=1S/C28H33FN4O5S/c1-18(2)15-38-21-13-19(12-20(29)14-21)23-9-8-22(27(31-23)33-10-11-37-17-28(33,3)4)24(34)16-39(35,36)26-7-5-6-25(30)32-26/h5-9,12-14,18H,10-11,15-17H2,1-4H3,(H2,30,32). The van der Waals surface area contributed by atoms with Crippen LogP contribution in [0.1, 0.15) is 38.1 Å². The number of hydrogen-bond donors (Lipinski definition) is 1. The summed E-state index contributed by atoms with van der Waals surface area (Å²) in [7, 11) is -4.07. The molecule has 2 aromatic heterocycles. The molecule has 1 saturated heterocycles. The van der Waals surface area contributed by atoms with Crippen molar-refractivity contribution in [2.45, 2.75) is 38.3 Å². The van der Waals surface area contributed by atoms with Gasteiger partial charge in [0, 0.05) is 18.2 Å². The van der Waals surface area contributed by atoms with Crippen LogP contribution >= 0.6 is 0 Å². The molecule has 9 nitrogen and oxygen atoms in total. The van der Waals surface area contributed by atoms with E-state index in [1.807, 2.05) is 32.6 Å². The molecule has 2 N–H and O–H groups in total. The number of pyridine rings is 2. The van der Waals surface area contributed by atoms with Crippen LogP contribution in [0.4, 0.5) is 16.0 Å². The van der Waals surface area contributed by atoms with Crippen molar-refractivity contribution >= 4 is 27.3 Å². The summed E-state index contributed by atoms with van der Waals surface area (Å²) in [6.45, 7) is 9.53. The Morgan fingerprint density at radius 2 is 1.95 bits per heavy atom. The first-order chi connectivity index (χ1) is 18.4. The second-order valence-corrected chi connectivity index (χ2v) is 12.5. The maximum atomic E-state index is 14.5. The largest absolute Gasteiger partial charge is 0.493 e. The van der Waals surface area contributed by atoms with Crippen molar-refractivity contribution in [2.75, 3.05) is 42.8 Å². The van der Waals surface area contributed by atoms with Crippen molar-refractivity contribution in [3.05, 3.63) is 59.9 Å². The average molecular weight is 557 g/mol. The summed E-state index contributed by atoms with van der Waals surface area (Å²) in [6, 6.07) is 11.7. The van der Waals surface area contributed by atoms with Crippen LogP contribution in [-0.2, 0) is 14.6 Å². The third kappa shape index (κ3) is 6.72. The van der Waals surface area contributed by atoms with Gasteiger partial charge in [-0.25, -0.2) is 22.8 Å². The Bertz CT molecular complexity index is 1480. The van der Waals surface area contributed by atoms with Gasteiger partial charge in [-0.1, -0.05) is 19.9 Å². The van der Waals surface area contributed by atoms with Crippen LogP contribution in [0, 0.1) is 11.7 Å². The predicted molar refractivity (Wildman–Crippen MR) is 147 cm³/mol. The number of morpholine rings is 1. The van der Waals surface area contributed by atoms with Crippen LogP contribution in [0.15, 0.2) is 53.6 Å². The van der Waals surface area contributed by atoms with Gasteiger partial charge in [0.1, 0.15) is 29.0 Å². The summed E-state index contributed by atoms with van der Waals surface area (Å²) in [5.41, 5.74) is 6.13. The van der Waals surface area contributed by atoms with E-state index >= 15 is 0 Å². The van der Waals surface area contributed by atoms with E-state index in [9.17, 15) is 17.6 Å². The first kappa shape index (κ1) is 28.4. The van der Waals surface area contributed by atoms with Gasteiger partial charge in [0.15, 0.2) is 10.8 Å². The second-order valence-electron chi connectivity index (χ2n) is 10.5. The van der Waals surface area contributed by atoms with Gasteiger partial charge >= 0.3 is 0 Å². The molecule has 0 bridgehead atoms. The molecule has 1 aliphatic heterocycles. The fourth-order valence-corrected chi connectivity index (χ4v) is 5.45. The maximum absolute atomic E-state index is 14.5. The molecule has 208 valence electrons. The summed E-state index contributed by atoms with van der Waals surface area (Å²) >= 11 is 0. The van der Waals surface area contributed by atoms with Crippen LogP contribution < -0.4 is 15.4 Å². The van der Waals surface area contributed by atoms with Crippen LogP contribution in [0.2, 0.25) is 0 Å². The number of nitrogen functional groups attached to an aromatic ring is 1. The SMILES string of the molecule is CC(C)COc1cc(F)cc(-c2ccc(C(=O)CS(=O)(=O)c3cccc(N)n3)c(N3CCOCC3(C)C)n2)c1. The third-order valence-corrected chi connectivity index (χ3v) is 7.72. The molecule has 0 unspecified atom stereocenters. The number of benzene rings is 1. The zero-order valence-electron chi connectivity index (χ0n) is 22.5. The van der Waals surface area contributed by atoms with E-state index in [0.717, 1.165) is 0 Å². The molecule has 0 spiro atoms. The lowest BCUT2D eigenvalue weighted by Gasteiger charge is -2.43. The minimum atomic E-state index is -4.07. The Hall–Kier alpha value is -3.57. The Balaban J connectivity index is 1.76. The van der Waals surface area contributed by atoms with Crippen molar-refractivity contribution in [3.8, 4) is 17.0 Å². The number of ether oxygens (including phenoxy) is 2. The highest BCUT2D eigenvalue weighted by Gasteiger charge is 2.35. The third-order valence-electron chi connectivity index (χ3n) is 6.21. The van der Waals surface area contributed by atoms with E-state index in [0.29, 0.717) is 49.2 Å². The number of carbonyl (C=O) groups is 1. The molecule has 4 rings (SSSR count). The Labute approximate surface area is 228 Å². The molecule has 0 amide bonds. The minimum absolute atomic E-state index is 0.0390. The van der Waals surface area contributed by atoms with E-state index < -0.39 is 32.7 Å². The summed E-state index contributed by atoms with van der Waals surface area (Å²) in [4.78, 5) is 24.1. The Morgan fingerprint density at radius 3 is 2.64 bits per heavy atom. The van der Waals surface area contributed by atoms with Crippen molar-refractivity contribution in [1.29, 1.82) is 0 Å².